The summed E-state index contributed by atoms with van der Waals surface area (Å²) < 4.78 is 1.98. The van der Waals surface area contributed by atoms with E-state index >= 15 is 0 Å². The van der Waals surface area contributed by atoms with Gasteiger partial charge in [0.2, 0.25) is 0 Å². The third-order valence-corrected chi connectivity index (χ3v) is 3.44. The Bertz CT molecular complexity index is 626. The Kier molecular flexibility index (Phi) is 7.67. The molecular weight excluding hydrogens is 413 g/mol. The van der Waals surface area contributed by atoms with Crippen molar-refractivity contribution in [3.63, 3.8) is 0 Å². The molecule has 0 radical (unpaired) electrons. The molecule has 7 heteroatoms. The van der Waals surface area contributed by atoms with Crippen LogP contribution in [0.2, 0.25) is 5.02 Å². The Labute approximate surface area is 153 Å². The lowest BCUT2D eigenvalue weighted by molar-refractivity contribution is 0.474. The molecule has 1 heterocycles. The van der Waals surface area contributed by atoms with Gasteiger partial charge in [-0.2, -0.15) is 0 Å². The maximum Gasteiger partial charge on any atom is 0.194 e. The van der Waals surface area contributed by atoms with E-state index in [0.29, 0.717) is 6.54 Å². The minimum atomic E-state index is 0. The van der Waals surface area contributed by atoms with Gasteiger partial charge in [0.15, 0.2) is 5.96 Å². The van der Waals surface area contributed by atoms with Crippen LogP contribution in [0.4, 0.5) is 0 Å². The van der Waals surface area contributed by atoms with Crippen LogP contribution in [0.25, 0.3) is 0 Å². The fraction of sp³-hybridized carbons (Fsp3) is 0.333. The van der Waals surface area contributed by atoms with Gasteiger partial charge in [-0.15, -0.1) is 24.0 Å². The van der Waals surface area contributed by atoms with E-state index in [1.165, 1.54) is 0 Å². The summed E-state index contributed by atoms with van der Waals surface area (Å²) in [5.74, 6) is 1.78. The minimum Gasteiger partial charge on any atom is -0.349 e. The number of nitrogens with zero attached hydrogens (tertiary/aromatic N) is 4. The maximum absolute atomic E-state index is 6.01. The smallest absolute Gasteiger partial charge is 0.194 e. The SMILES string of the molecule is CN=C(NCc1nccn1C)N(C)Cc1cccc(Cl)c1.I. The monoisotopic (exact) mass is 433 g/mol. The molecule has 0 fully saturated rings. The highest BCUT2D eigenvalue weighted by molar-refractivity contribution is 14.0. The zero-order chi connectivity index (χ0) is 15.2. The lowest BCUT2D eigenvalue weighted by Crippen LogP contribution is -2.38. The minimum absolute atomic E-state index is 0. The molecule has 120 valence electrons. The molecule has 0 aliphatic heterocycles. The van der Waals surface area contributed by atoms with Gasteiger partial charge in [0.05, 0.1) is 6.54 Å². The molecule has 0 amide bonds. The predicted molar refractivity (Wildman–Crippen MR) is 102 cm³/mol. The number of aromatic nitrogens is 2. The van der Waals surface area contributed by atoms with E-state index in [2.05, 4.69) is 26.3 Å². The van der Waals surface area contributed by atoms with Gasteiger partial charge in [-0.25, -0.2) is 4.98 Å². The summed E-state index contributed by atoms with van der Waals surface area (Å²) in [4.78, 5) is 10.6. The molecule has 2 aromatic rings. The molecule has 0 unspecified atom stereocenters. The quantitative estimate of drug-likeness (QED) is 0.458. The van der Waals surface area contributed by atoms with Crippen molar-refractivity contribution >= 4 is 41.5 Å². The summed E-state index contributed by atoms with van der Waals surface area (Å²) in [5, 5.41) is 4.05. The molecule has 1 N–H and O–H groups in total. The third-order valence-electron chi connectivity index (χ3n) is 3.21. The van der Waals surface area contributed by atoms with Gasteiger partial charge >= 0.3 is 0 Å². The highest BCUT2D eigenvalue weighted by Gasteiger charge is 2.08. The summed E-state index contributed by atoms with van der Waals surface area (Å²) in [6.45, 7) is 1.37. The predicted octanol–water partition coefficient (Wildman–Crippen LogP) is 2.90. The van der Waals surface area contributed by atoms with E-state index in [1.807, 2.05) is 43.1 Å². The Morgan fingerprint density at radius 3 is 2.82 bits per heavy atom. The second kappa shape index (κ2) is 8.99. The number of imidazole rings is 1. The topological polar surface area (TPSA) is 45.5 Å². The molecule has 0 atom stereocenters. The second-order valence-corrected chi connectivity index (χ2v) is 5.28. The van der Waals surface area contributed by atoms with Crippen LogP contribution in [-0.2, 0) is 20.1 Å². The van der Waals surface area contributed by atoms with Crippen molar-refractivity contribution in [2.24, 2.45) is 12.0 Å². The van der Waals surface area contributed by atoms with Crippen LogP contribution in [0.1, 0.15) is 11.4 Å². The normalized spacial score (nSPS) is 11.0. The Balaban J connectivity index is 0.00000242. The van der Waals surface area contributed by atoms with Gasteiger partial charge in [-0.1, -0.05) is 23.7 Å². The molecule has 0 bridgehead atoms. The van der Waals surface area contributed by atoms with Crippen LogP contribution in [0, 0.1) is 0 Å². The highest BCUT2D eigenvalue weighted by atomic mass is 127. The van der Waals surface area contributed by atoms with E-state index in [9.17, 15) is 0 Å². The number of halogens is 2. The standard InChI is InChI=1S/C15H20ClN5.HI/c1-17-15(19-10-14-18-7-8-20(14)2)21(3)11-12-5-4-6-13(16)9-12;/h4-9H,10-11H2,1-3H3,(H,17,19);1H. The molecule has 0 saturated heterocycles. The second-order valence-electron chi connectivity index (χ2n) is 4.84. The van der Waals surface area contributed by atoms with Gasteiger partial charge in [0.1, 0.15) is 5.82 Å². The molecule has 0 spiro atoms. The first-order chi connectivity index (χ1) is 10.1. The number of aryl methyl sites for hydroxylation is 1. The Morgan fingerprint density at radius 1 is 1.45 bits per heavy atom. The Hall–Kier alpha value is -1.28. The van der Waals surface area contributed by atoms with Crippen molar-refractivity contribution in [1.82, 2.24) is 19.8 Å². The first-order valence-corrected chi connectivity index (χ1v) is 7.10. The number of hydrogen-bond donors (Lipinski definition) is 1. The van der Waals surface area contributed by atoms with Crippen LogP contribution in [0.5, 0.6) is 0 Å². The summed E-state index contributed by atoms with van der Waals surface area (Å²) >= 11 is 6.01. The van der Waals surface area contributed by atoms with Crippen LogP contribution < -0.4 is 5.32 Å². The van der Waals surface area contributed by atoms with Crippen molar-refractivity contribution in [3.8, 4) is 0 Å². The van der Waals surface area contributed by atoms with E-state index in [0.717, 1.165) is 28.9 Å². The molecular formula is C15H21ClIN5. The molecule has 2 rings (SSSR count). The van der Waals surface area contributed by atoms with Crippen molar-refractivity contribution in [2.75, 3.05) is 14.1 Å². The van der Waals surface area contributed by atoms with Crippen molar-refractivity contribution in [1.29, 1.82) is 0 Å². The van der Waals surface area contributed by atoms with E-state index in [4.69, 9.17) is 11.6 Å². The van der Waals surface area contributed by atoms with Crippen LogP contribution in [-0.4, -0.2) is 34.5 Å². The highest BCUT2D eigenvalue weighted by Crippen LogP contribution is 2.12. The summed E-state index contributed by atoms with van der Waals surface area (Å²) in [6.07, 6.45) is 3.71. The van der Waals surface area contributed by atoms with Crippen LogP contribution in [0.15, 0.2) is 41.7 Å². The number of benzene rings is 1. The molecule has 1 aromatic carbocycles. The fourth-order valence-electron chi connectivity index (χ4n) is 2.09. The average molecular weight is 434 g/mol. The lowest BCUT2D eigenvalue weighted by atomic mass is 10.2. The van der Waals surface area contributed by atoms with Crippen molar-refractivity contribution < 1.29 is 0 Å². The summed E-state index contributed by atoms with van der Waals surface area (Å²) in [7, 11) is 5.74. The fourth-order valence-corrected chi connectivity index (χ4v) is 2.31. The van der Waals surface area contributed by atoms with Crippen molar-refractivity contribution in [3.05, 3.63) is 53.1 Å². The first-order valence-electron chi connectivity index (χ1n) is 6.72. The summed E-state index contributed by atoms with van der Waals surface area (Å²) in [6, 6.07) is 7.84. The molecule has 0 saturated carbocycles. The number of guanidine groups is 1. The Morgan fingerprint density at radius 2 is 2.23 bits per heavy atom. The van der Waals surface area contributed by atoms with E-state index < -0.39 is 0 Å². The van der Waals surface area contributed by atoms with Crippen molar-refractivity contribution in [2.45, 2.75) is 13.1 Å². The van der Waals surface area contributed by atoms with Gasteiger partial charge in [0, 0.05) is 45.1 Å². The van der Waals surface area contributed by atoms with Gasteiger partial charge in [0.25, 0.3) is 0 Å². The van der Waals surface area contributed by atoms with Crippen LogP contribution in [0.3, 0.4) is 0 Å². The van der Waals surface area contributed by atoms with Gasteiger partial charge in [-0.05, 0) is 17.7 Å². The lowest BCUT2D eigenvalue weighted by Gasteiger charge is -2.22. The molecule has 1 aromatic heterocycles. The van der Waals surface area contributed by atoms with Crippen LogP contribution >= 0.6 is 35.6 Å². The molecule has 22 heavy (non-hydrogen) atoms. The molecule has 5 nitrogen and oxygen atoms in total. The largest absolute Gasteiger partial charge is 0.349 e. The average Bonchev–Trinajstić information content (AvgIpc) is 2.85. The first kappa shape index (κ1) is 18.8. The van der Waals surface area contributed by atoms with Gasteiger partial charge in [-0.3, -0.25) is 4.99 Å². The zero-order valence-corrected chi connectivity index (χ0v) is 16.0. The number of nitrogens with one attached hydrogen (secondary N) is 1. The number of aliphatic imine (C=N–C) groups is 1. The number of rotatable bonds is 4. The summed E-state index contributed by atoms with van der Waals surface area (Å²) in [5.41, 5.74) is 1.14. The van der Waals surface area contributed by atoms with E-state index in [1.54, 1.807) is 13.2 Å². The number of hydrogen-bond acceptors (Lipinski definition) is 2. The molecule has 0 aliphatic rings. The van der Waals surface area contributed by atoms with E-state index in [-0.39, 0.29) is 24.0 Å². The maximum atomic E-state index is 6.01. The van der Waals surface area contributed by atoms with Gasteiger partial charge < -0.3 is 14.8 Å². The zero-order valence-electron chi connectivity index (χ0n) is 13.0. The molecule has 0 aliphatic carbocycles. The third kappa shape index (κ3) is 5.17.